The zero-order chi connectivity index (χ0) is 18.8. The maximum atomic E-state index is 12.6. The minimum atomic E-state index is -0.130. The van der Waals surface area contributed by atoms with E-state index in [2.05, 4.69) is 20.3 Å². The fraction of sp³-hybridized carbons (Fsp3) is 0.143. The number of amides is 1. The van der Waals surface area contributed by atoms with E-state index < -0.39 is 0 Å². The van der Waals surface area contributed by atoms with Crippen LogP contribution >= 0.6 is 0 Å². The van der Waals surface area contributed by atoms with Gasteiger partial charge in [-0.1, -0.05) is 12.1 Å². The van der Waals surface area contributed by atoms with E-state index in [0.29, 0.717) is 12.1 Å². The molecule has 0 aliphatic rings. The first-order valence-electron chi connectivity index (χ1n) is 8.71. The van der Waals surface area contributed by atoms with Crippen LogP contribution in [0.1, 0.15) is 27.3 Å². The molecule has 27 heavy (non-hydrogen) atoms. The number of rotatable bonds is 4. The van der Waals surface area contributed by atoms with Gasteiger partial charge in [0.15, 0.2) is 5.65 Å². The molecule has 0 aliphatic carbocycles. The SMILES string of the molecule is Cc1ccc(C(=O)NCc2cccnc2)cc1-n1c(C)nc2cccnc21. The molecule has 0 aliphatic heterocycles. The number of fused-ring (bicyclic) bond motifs is 1. The van der Waals surface area contributed by atoms with Crippen LogP contribution in [0, 0.1) is 13.8 Å². The van der Waals surface area contributed by atoms with Crippen molar-refractivity contribution in [3.05, 3.63) is 83.6 Å². The number of aryl methyl sites for hydroxylation is 2. The molecule has 0 bridgehead atoms. The highest BCUT2D eigenvalue weighted by atomic mass is 16.1. The maximum absolute atomic E-state index is 12.6. The standard InChI is InChI=1S/C21H19N5O/c1-14-7-8-17(21(27)24-13-16-5-3-9-22-12-16)11-19(14)26-15(2)25-18-6-4-10-23-20(18)26/h3-12H,13H2,1-2H3,(H,24,27). The van der Waals surface area contributed by atoms with Crippen molar-refractivity contribution in [1.29, 1.82) is 0 Å². The average molecular weight is 357 g/mol. The summed E-state index contributed by atoms with van der Waals surface area (Å²) in [5, 5.41) is 2.94. The van der Waals surface area contributed by atoms with Crippen LogP contribution in [0.5, 0.6) is 0 Å². The van der Waals surface area contributed by atoms with Crippen molar-refractivity contribution in [2.45, 2.75) is 20.4 Å². The monoisotopic (exact) mass is 357 g/mol. The number of nitrogens with zero attached hydrogens (tertiary/aromatic N) is 4. The molecule has 134 valence electrons. The smallest absolute Gasteiger partial charge is 0.251 e. The van der Waals surface area contributed by atoms with E-state index in [1.165, 1.54) is 0 Å². The highest BCUT2D eigenvalue weighted by molar-refractivity contribution is 5.95. The number of hydrogen-bond donors (Lipinski definition) is 1. The Morgan fingerprint density at radius 3 is 2.78 bits per heavy atom. The first-order valence-corrected chi connectivity index (χ1v) is 8.71. The molecular weight excluding hydrogens is 338 g/mol. The summed E-state index contributed by atoms with van der Waals surface area (Å²) < 4.78 is 1.99. The van der Waals surface area contributed by atoms with Gasteiger partial charge in [-0.25, -0.2) is 9.97 Å². The average Bonchev–Trinajstić information content (AvgIpc) is 3.03. The van der Waals surface area contributed by atoms with Gasteiger partial charge < -0.3 is 5.32 Å². The van der Waals surface area contributed by atoms with Crippen molar-refractivity contribution in [1.82, 2.24) is 24.8 Å². The summed E-state index contributed by atoms with van der Waals surface area (Å²) in [6, 6.07) is 13.3. The molecular formula is C21H19N5O. The molecule has 4 rings (SSSR count). The Morgan fingerprint density at radius 2 is 1.96 bits per heavy atom. The molecule has 1 amide bonds. The van der Waals surface area contributed by atoms with Crippen molar-refractivity contribution >= 4 is 17.1 Å². The van der Waals surface area contributed by atoms with E-state index in [-0.39, 0.29) is 5.91 Å². The van der Waals surface area contributed by atoms with Gasteiger partial charge >= 0.3 is 0 Å². The summed E-state index contributed by atoms with van der Waals surface area (Å²) in [7, 11) is 0. The highest BCUT2D eigenvalue weighted by Crippen LogP contribution is 2.23. The Labute approximate surface area is 156 Å². The summed E-state index contributed by atoms with van der Waals surface area (Å²) >= 11 is 0. The summed E-state index contributed by atoms with van der Waals surface area (Å²) in [6.07, 6.45) is 5.20. The zero-order valence-corrected chi connectivity index (χ0v) is 15.2. The molecule has 0 saturated heterocycles. The Hall–Kier alpha value is -3.54. The number of nitrogens with one attached hydrogen (secondary N) is 1. The van der Waals surface area contributed by atoms with Gasteiger partial charge in [-0.2, -0.15) is 0 Å². The summed E-state index contributed by atoms with van der Waals surface area (Å²) in [5.74, 6) is 0.704. The van der Waals surface area contributed by atoms with Crippen molar-refractivity contribution in [2.24, 2.45) is 0 Å². The summed E-state index contributed by atoms with van der Waals surface area (Å²) in [5.41, 5.74) is 5.12. The van der Waals surface area contributed by atoms with Gasteiger partial charge in [0.1, 0.15) is 11.3 Å². The lowest BCUT2D eigenvalue weighted by atomic mass is 10.1. The number of aromatic nitrogens is 4. The minimum Gasteiger partial charge on any atom is -0.348 e. The Morgan fingerprint density at radius 1 is 1.11 bits per heavy atom. The van der Waals surface area contributed by atoms with Crippen molar-refractivity contribution < 1.29 is 4.79 Å². The number of pyridine rings is 2. The van der Waals surface area contributed by atoms with Crippen molar-refractivity contribution in [3.63, 3.8) is 0 Å². The summed E-state index contributed by atoms with van der Waals surface area (Å²) in [6.45, 7) is 4.39. The van der Waals surface area contributed by atoms with Crippen LogP contribution in [-0.4, -0.2) is 25.4 Å². The van der Waals surface area contributed by atoms with E-state index in [1.807, 2.05) is 60.9 Å². The van der Waals surface area contributed by atoms with Crippen LogP contribution in [-0.2, 0) is 6.54 Å². The third-order valence-electron chi connectivity index (χ3n) is 4.47. The number of imidazole rings is 1. The minimum absolute atomic E-state index is 0.130. The highest BCUT2D eigenvalue weighted by Gasteiger charge is 2.14. The number of hydrogen-bond acceptors (Lipinski definition) is 4. The number of carbonyl (C=O) groups is 1. The lowest BCUT2D eigenvalue weighted by Crippen LogP contribution is -2.23. The topological polar surface area (TPSA) is 72.7 Å². The molecule has 1 aromatic carbocycles. The summed E-state index contributed by atoms with van der Waals surface area (Å²) in [4.78, 5) is 25.7. The Balaban J connectivity index is 1.67. The second-order valence-corrected chi connectivity index (χ2v) is 6.39. The predicted molar refractivity (Wildman–Crippen MR) is 104 cm³/mol. The molecule has 1 N–H and O–H groups in total. The van der Waals surface area contributed by atoms with Gasteiger partial charge in [0.05, 0.1) is 5.69 Å². The normalized spacial score (nSPS) is 10.9. The Bertz CT molecular complexity index is 1120. The Kier molecular flexibility index (Phi) is 4.38. The zero-order valence-electron chi connectivity index (χ0n) is 15.2. The lowest BCUT2D eigenvalue weighted by molar-refractivity contribution is 0.0951. The van der Waals surface area contributed by atoms with Gasteiger partial charge in [0.25, 0.3) is 5.91 Å². The van der Waals surface area contributed by atoms with E-state index >= 15 is 0 Å². The van der Waals surface area contributed by atoms with E-state index in [9.17, 15) is 4.79 Å². The molecule has 0 saturated carbocycles. The largest absolute Gasteiger partial charge is 0.348 e. The molecule has 0 radical (unpaired) electrons. The third-order valence-corrected chi connectivity index (χ3v) is 4.47. The van der Waals surface area contributed by atoms with E-state index in [1.54, 1.807) is 18.6 Å². The third kappa shape index (κ3) is 3.29. The molecule has 3 heterocycles. The molecule has 6 nitrogen and oxygen atoms in total. The number of benzene rings is 1. The van der Waals surface area contributed by atoms with Gasteiger partial charge in [0, 0.05) is 30.7 Å². The molecule has 6 heteroatoms. The first-order chi connectivity index (χ1) is 13.1. The van der Waals surface area contributed by atoms with E-state index in [0.717, 1.165) is 33.8 Å². The molecule has 0 atom stereocenters. The fourth-order valence-electron chi connectivity index (χ4n) is 3.09. The first kappa shape index (κ1) is 16.9. The van der Waals surface area contributed by atoms with Crippen LogP contribution < -0.4 is 5.32 Å². The van der Waals surface area contributed by atoms with Crippen molar-refractivity contribution in [2.75, 3.05) is 0 Å². The van der Waals surface area contributed by atoms with Crippen LogP contribution in [0.2, 0.25) is 0 Å². The fourth-order valence-corrected chi connectivity index (χ4v) is 3.09. The van der Waals surface area contributed by atoms with Crippen LogP contribution in [0.15, 0.2) is 61.1 Å². The molecule has 3 aromatic heterocycles. The molecule has 4 aromatic rings. The van der Waals surface area contributed by atoms with Gasteiger partial charge in [-0.05, 0) is 55.3 Å². The van der Waals surface area contributed by atoms with Gasteiger partial charge in [-0.15, -0.1) is 0 Å². The molecule has 0 spiro atoms. The van der Waals surface area contributed by atoms with Crippen LogP contribution in [0.25, 0.3) is 16.9 Å². The quantitative estimate of drug-likeness (QED) is 0.608. The lowest BCUT2D eigenvalue weighted by Gasteiger charge is -2.12. The molecule has 0 unspecified atom stereocenters. The van der Waals surface area contributed by atoms with Gasteiger partial charge in [-0.3, -0.25) is 14.3 Å². The maximum Gasteiger partial charge on any atom is 0.251 e. The van der Waals surface area contributed by atoms with E-state index in [4.69, 9.17) is 0 Å². The predicted octanol–water partition coefficient (Wildman–Crippen LogP) is 3.36. The van der Waals surface area contributed by atoms with Crippen molar-refractivity contribution in [3.8, 4) is 5.69 Å². The second kappa shape index (κ2) is 6.99. The van der Waals surface area contributed by atoms with Crippen LogP contribution in [0.4, 0.5) is 0 Å². The number of carbonyl (C=O) groups excluding carboxylic acids is 1. The van der Waals surface area contributed by atoms with Crippen LogP contribution in [0.3, 0.4) is 0 Å². The second-order valence-electron chi connectivity index (χ2n) is 6.39. The van der Waals surface area contributed by atoms with Gasteiger partial charge in [0.2, 0.25) is 0 Å². The molecule has 0 fully saturated rings.